The number of amides is 2. The summed E-state index contributed by atoms with van der Waals surface area (Å²) in [5, 5.41) is 25.4. The van der Waals surface area contributed by atoms with E-state index in [1.807, 2.05) is 6.92 Å². The maximum atomic E-state index is 12.1. The number of hydrogen-bond donors (Lipinski definition) is 4. The second-order valence-corrected chi connectivity index (χ2v) is 9.20. The van der Waals surface area contributed by atoms with Crippen LogP contribution in [0.3, 0.4) is 0 Å². The minimum absolute atomic E-state index is 0.114. The van der Waals surface area contributed by atoms with Crippen LogP contribution in [0.2, 0.25) is 0 Å². The zero-order valence-corrected chi connectivity index (χ0v) is 19.9. The highest BCUT2D eigenvalue weighted by molar-refractivity contribution is 8.76. The first-order valence-corrected chi connectivity index (χ1v) is 12.7. The van der Waals surface area contributed by atoms with E-state index in [1.165, 1.54) is 29.1 Å². The van der Waals surface area contributed by atoms with E-state index in [1.54, 1.807) is 0 Å². The molecular formula is C19H29N5O7S2. The number of nitrogens with zero attached hydrogens (tertiary/aromatic N) is 2. The summed E-state index contributed by atoms with van der Waals surface area (Å²) in [7, 11) is 2.26. The van der Waals surface area contributed by atoms with Crippen LogP contribution < -0.4 is 16.4 Å². The van der Waals surface area contributed by atoms with Crippen molar-refractivity contribution in [1.29, 1.82) is 0 Å². The molecule has 0 fully saturated rings. The highest BCUT2D eigenvalue weighted by atomic mass is 33.1. The topological polar surface area (TPSA) is 187 Å². The van der Waals surface area contributed by atoms with Crippen LogP contribution in [0.5, 0.6) is 0 Å². The second-order valence-electron chi connectivity index (χ2n) is 6.87. The third-order valence-electron chi connectivity index (χ3n) is 4.21. The molecule has 0 radical (unpaired) electrons. The normalized spacial score (nSPS) is 12.4. The molecule has 0 aromatic carbocycles. The first-order valence-electron chi connectivity index (χ1n) is 10.3. The molecule has 1 heterocycles. The Morgan fingerprint density at radius 3 is 2.76 bits per heavy atom. The van der Waals surface area contributed by atoms with Crippen LogP contribution in [0.1, 0.15) is 39.0 Å². The maximum Gasteiger partial charge on any atom is 0.407 e. The van der Waals surface area contributed by atoms with Crippen LogP contribution in [0.4, 0.5) is 10.5 Å². The predicted octanol–water partition coefficient (Wildman–Crippen LogP) is 2.32. The minimum Gasteiger partial charge on any atom is -0.480 e. The van der Waals surface area contributed by atoms with Crippen molar-refractivity contribution in [3.05, 3.63) is 28.4 Å². The molecule has 0 spiro atoms. The zero-order chi connectivity index (χ0) is 24.6. The summed E-state index contributed by atoms with van der Waals surface area (Å²) < 4.78 is 4.90. The van der Waals surface area contributed by atoms with E-state index >= 15 is 0 Å². The number of nitrogens with two attached hydrogens (primary N) is 1. The van der Waals surface area contributed by atoms with Crippen LogP contribution in [-0.4, -0.2) is 64.0 Å². The van der Waals surface area contributed by atoms with E-state index in [0.717, 1.165) is 17.2 Å². The molecule has 2 amide bonds. The lowest BCUT2D eigenvalue weighted by Gasteiger charge is -2.15. The number of unbranched alkanes of at least 4 members (excludes halogenated alkanes) is 2. The van der Waals surface area contributed by atoms with Gasteiger partial charge in [0.05, 0.1) is 17.6 Å². The Morgan fingerprint density at radius 1 is 1.33 bits per heavy atom. The van der Waals surface area contributed by atoms with Crippen molar-refractivity contribution >= 4 is 45.2 Å². The Morgan fingerprint density at radius 2 is 2.09 bits per heavy atom. The van der Waals surface area contributed by atoms with Crippen LogP contribution in [-0.2, 0) is 14.3 Å². The number of pyridine rings is 1. The number of aromatic nitrogens is 1. The van der Waals surface area contributed by atoms with Gasteiger partial charge in [-0.3, -0.25) is 14.9 Å². The number of rotatable bonds is 16. The molecule has 2 unspecified atom stereocenters. The predicted molar refractivity (Wildman–Crippen MR) is 125 cm³/mol. The summed E-state index contributed by atoms with van der Waals surface area (Å²) in [4.78, 5) is 49.4. The molecule has 0 saturated carbocycles. The van der Waals surface area contributed by atoms with Crippen LogP contribution >= 0.6 is 21.6 Å². The number of hydrogen-bond acceptors (Lipinski definition) is 10. The molecule has 1 aromatic rings. The lowest BCUT2D eigenvalue weighted by molar-refractivity contribution is -0.388. The lowest BCUT2D eigenvalue weighted by Crippen LogP contribution is -2.43. The number of carbonyl (C=O) groups is 3. The first-order chi connectivity index (χ1) is 15.8. The fraction of sp³-hybridized carbons (Fsp3) is 0.579. The van der Waals surface area contributed by atoms with Gasteiger partial charge in [-0.1, -0.05) is 24.1 Å². The second kappa shape index (κ2) is 16.1. The zero-order valence-electron chi connectivity index (χ0n) is 18.2. The Kier molecular flexibility index (Phi) is 13.9. The van der Waals surface area contributed by atoms with Gasteiger partial charge >= 0.3 is 17.7 Å². The van der Waals surface area contributed by atoms with E-state index < -0.39 is 29.1 Å². The van der Waals surface area contributed by atoms with Crippen LogP contribution in [0.15, 0.2) is 23.4 Å². The Balaban J connectivity index is 2.26. The van der Waals surface area contributed by atoms with Gasteiger partial charge in [-0.15, -0.1) is 0 Å². The molecular weight excluding hydrogens is 474 g/mol. The third-order valence-corrected chi connectivity index (χ3v) is 6.53. The quantitative estimate of drug-likeness (QED) is 0.112. The standard InChI is InChI=1S/C19H29N5O7S2/c1-2-3-11-31-19(28)23-14(18(26)27)7-4-5-9-21-16(25)13(20)12-32-33-17-15(24(29)30)8-6-10-22-17/h6,8,10,13-14H,2-5,7,9,11-12,20H2,1H3,(H,21,25)(H,23,28)(H,26,27). The van der Waals surface area contributed by atoms with Gasteiger partial charge in [-0.25, -0.2) is 14.6 Å². The number of carbonyl (C=O) groups excluding carboxylic acids is 2. The van der Waals surface area contributed by atoms with Crippen LogP contribution in [0, 0.1) is 10.1 Å². The molecule has 1 rings (SSSR count). The van der Waals surface area contributed by atoms with Gasteiger partial charge in [0, 0.05) is 24.6 Å². The van der Waals surface area contributed by atoms with Crippen molar-refractivity contribution in [2.45, 2.75) is 56.1 Å². The van der Waals surface area contributed by atoms with Crippen molar-refractivity contribution in [1.82, 2.24) is 15.6 Å². The third kappa shape index (κ3) is 11.7. The van der Waals surface area contributed by atoms with Gasteiger partial charge in [0.25, 0.3) is 0 Å². The molecule has 0 bridgehead atoms. The van der Waals surface area contributed by atoms with Gasteiger partial charge in [-0.05, 0) is 42.5 Å². The van der Waals surface area contributed by atoms with Gasteiger partial charge < -0.3 is 26.2 Å². The number of carboxylic acids is 1. The van der Waals surface area contributed by atoms with E-state index in [0.29, 0.717) is 25.8 Å². The molecule has 0 saturated heterocycles. The summed E-state index contributed by atoms with van der Waals surface area (Å²) in [5.74, 6) is -1.32. The average molecular weight is 504 g/mol. The lowest BCUT2D eigenvalue weighted by atomic mass is 10.1. The Labute approximate surface area is 199 Å². The van der Waals surface area contributed by atoms with Crippen molar-refractivity contribution in [3.8, 4) is 0 Å². The molecule has 0 aliphatic carbocycles. The Bertz CT molecular complexity index is 800. The highest BCUT2D eigenvalue weighted by Crippen LogP contribution is 2.35. The smallest absolute Gasteiger partial charge is 0.407 e. The fourth-order valence-electron chi connectivity index (χ4n) is 2.39. The largest absolute Gasteiger partial charge is 0.480 e. The van der Waals surface area contributed by atoms with Crippen molar-refractivity contribution in [3.63, 3.8) is 0 Å². The van der Waals surface area contributed by atoms with Gasteiger partial charge in [0.2, 0.25) is 5.91 Å². The molecule has 184 valence electrons. The summed E-state index contributed by atoms with van der Waals surface area (Å²) >= 11 is 0. The number of aliphatic carboxylic acids is 1. The average Bonchev–Trinajstić information content (AvgIpc) is 2.78. The van der Waals surface area contributed by atoms with E-state index in [2.05, 4.69) is 15.6 Å². The molecule has 0 aliphatic heterocycles. The fourth-order valence-corrected chi connectivity index (χ4v) is 4.56. The van der Waals surface area contributed by atoms with Crippen LogP contribution in [0.25, 0.3) is 0 Å². The number of ether oxygens (including phenoxy) is 1. The highest BCUT2D eigenvalue weighted by Gasteiger charge is 2.21. The monoisotopic (exact) mass is 503 g/mol. The molecule has 12 nitrogen and oxygen atoms in total. The maximum absolute atomic E-state index is 12.1. The molecule has 0 aliphatic rings. The number of alkyl carbamates (subject to hydrolysis) is 1. The summed E-state index contributed by atoms with van der Waals surface area (Å²) in [6, 6.07) is 0.931. The molecule has 14 heteroatoms. The van der Waals surface area contributed by atoms with E-state index in [9.17, 15) is 29.6 Å². The summed E-state index contributed by atoms with van der Waals surface area (Å²) in [6.45, 7) is 2.47. The van der Waals surface area contributed by atoms with E-state index in [4.69, 9.17) is 10.5 Å². The Hall–Kier alpha value is -2.58. The van der Waals surface area contributed by atoms with Crippen molar-refractivity contribution in [2.24, 2.45) is 5.73 Å². The number of carboxylic acid groups (broad SMARTS) is 1. The molecule has 2 atom stereocenters. The number of nitrogens with one attached hydrogen (secondary N) is 2. The van der Waals surface area contributed by atoms with Gasteiger partial charge in [0.15, 0.2) is 5.03 Å². The van der Waals surface area contributed by atoms with Gasteiger partial charge in [-0.2, -0.15) is 0 Å². The van der Waals surface area contributed by atoms with Crippen molar-refractivity contribution < 1.29 is 29.2 Å². The van der Waals surface area contributed by atoms with Gasteiger partial charge in [0.1, 0.15) is 6.04 Å². The number of nitro groups is 1. The molecule has 33 heavy (non-hydrogen) atoms. The van der Waals surface area contributed by atoms with E-state index in [-0.39, 0.29) is 35.4 Å². The molecule has 5 N–H and O–H groups in total. The minimum atomic E-state index is -1.16. The summed E-state index contributed by atoms with van der Waals surface area (Å²) in [6.07, 6.45) is 3.38. The molecule has 1 aromatic heterocycles. The summed E-state index contributed by atoms with van der Waals surface area (Å²) in [5.41, 5.74) is 5.73. The first kappa shape index (κ1) is 28.5. The van der Waals surface area contributed by atoms with Crippen molar-refractivity contribution in [2.75, 3.05) is 18.9 Å². The SMILES string of the molecule is CCCCOC(=O)NC(CCCCNC(=O)C(N)CSSc1ncccc1[N+](=O)[O-])C(=O)O.